The first-order valence-corrected chi connectivity index (χ1v) is 32.6. The van der Waals surface area contributed by atoms with E-state index in [0.717, 1.165) is 23.0 Å². The van der Waals surface area contributed by atoms with Crippen LogP contribution in [0.15, 0.2) is 12.7 Å². The molecule has 0 fully saturated rings. The number of nitrogens with zero attached hydrogens (tertiary/aromatic N) is 4. The first-order chi connectivity index (χ1) is 31.0. The van der Waals surface area contributed by atoms with Crippen molar-refractivity contribution in [1.29, 1.82) is 0 Å². The molecule has 2 rings (SSSR count). The summed E-state index contributed by atoms with van der Waals surface area (Å²) in [4.78, 5) is 12.7. The summed E-state index contributed by atoms with van der Waals surface area (Å²) in [6.07, 6.45) is 47.4. The first kappa shape index (κ1) is 59.0. The third-order valence-corrected chi connectivity index (χ3v) is 18.2. The molecule has 14 heteroatoms. The summed E-state index contributed by atoms with van der Waals surface area (Å²) in [6, 6.07) is 0. The number of imidazole rings is 1. The van der Waals surface area contributed by atoms with Gasteiger partial charge >= 0.3 is 7.60 Å². The highest BCUT2D eigenvalue weighted by atomic mass is 33.1. The maximum atomic E-state index is 13.9. The molecule has 2 heterocycles. The zero-order valence-corrected chi connectivity index (χ0v) is 44.8. The monoisotopic (exact) mass is 976 g/mol. The minimum atomic E-state index is -3.45. The molecule has 0 bridgehead atoms. The fourth-order valence-corrected chi connectivity index (χ4v) is 13.4. The fourth-order valence-electron chi connectivity index (χ4n) is 7.77. The van der Waals surface area contributed by atoms with Crippen LogP contribution in [-0.4, -0.2) is 68.2 Å². The van der Waals surface area contributed by atoms with Gasteiger partial charge < -0.3 is 24.1 Å². The van der Waals surface area contributed by atoms with E-state index in [1.807, 2.05) is 33.1 Å². The van der Waals surface area contributed by atoms with E-state index in [1.165, 1.54) is 212 Å². The van der Waals surface area contributed by atoms with Gasteiger partial charge in [-0.1, -0.05) is 250 Å². The van der Waals surface area contributed by atoms with Gasteiger partial charge in [0, 0.05) is 23.0 Å². The second-order valence-corrected chi connectivity index (χ2v) is 25.0. The molecule has 0 aliphatic rings. The van der Waals surface area contributed by atoms with Gasteiger partial charge in [0.15, 0.2) is 11.5 Å². The SMILES string of the molecule is CCCCCCCCCCCCCCCCCCSSCCOP(=O)(CO[C@H](C)Cn1cnc2c(N)ncnc21)OCCSSCCCCCCCCCCCCCCCCCC. The highest BCUT2D eigenvalue weighted by Gasteiger charge is 2.27. The Balaban J connectivity index is 1.53. The van der Waals surface area contributed by atoms with E-state index >= 15 is 0 Å². The number of anilines is 1. The van der Waals surface area contributed by atoms with Gasteiger partial charge in [0.05, 0.1) is 32.2 Å². The van der Waals surface area contributed by atoms with Gasteiger partial charge in [-0.2, -0.15) is 0 Å². The molecule has 1 atom stereocenters. The van der Waals surface area contributed by atoms with Gasteiger partial charge in [0.25, 0.3) is 0 Å². The van der Waals surface area contributed by atoms with Crippen LogP contribution < -0.4 is 5.73 Å². The second kappa shape index (κ2) is 43.2. The van der Waals surface area contributed by atoms with Crippen molar-refractivity contribution in [1.82, 2.24) is 19.5 Å². The zero-order valence-electron chi connectivity index (χ0n) is 40.6. The summed E-state index contributed by atoms with van der Waals surface area (Å²) in [5.41, 5.74) is 7.19. The summed E-state index contributed by atoms with van der Waals surface area (Å²) in [5.74, 6) is 4.16. The average Bonchev–Trinajstić information content (AvgIpc) is 3.70. The van der Waals surface area contributed by atoms with Crippen LogP contribution >= 0.6 is 50.8 Å². The van der Waals surface area contributed by atoms with Gasteiger partial charge in [-0.3, -0.25) is 4.57 Å². The molecule has 0 unspecified atom stereocenters. The van der Waals surface area contributed by atoms with Crippen LogP contribution in [0.1, 0.15) is 226 Å². The van der Waals surface area contributed by atoms with Crippen LogP contribution in [0.3, 0.4) is 0 Å². The van der Waals surface area contributed by atoms with Crippen LogP contribution in [0, 0.1) is 0 Å². The Bertz CT molecular complexity index is 1300. The minimum absolute atomic E-state index is 0.0913. The summed E-state index contributed by atoms with van der Waals surface area (Å²) in [7, 11) is 3.94. The Kier molecular flexibility index (Phi) is 40.4. The maximum Gasteiger partial charge on any atom is 0.356 e. The molecule has 0 aliphatic carbocycles. The van der Waals surface area contributed by atoms with E-state index in [0.29, 0.717) is 36.7 Å². The normalized spacial score (nSPS) is 12.6. The number of unbranched alkanes of at least 4 members (excludes halogenated alkanes) is 30. The molecule has 0 saturated carbocycles. The number of nitrogen functional groups attached to an aromatic ring is 1. The van der Waals surface area contributed by atoms with Crippen LogP contribution in [0.5, 0.6) is 0 Å². The third-order valence-electron chi connectivity index (χ3n) is 11.6. The number of hydrogen-bond acceptors (Lipinski definition) is 12. The van der Waals surface area contributed by atoms with Crippen molar-refractivity contribution in [2.45, 2.75) is 239 Å². The molecule has 0 radical (unpaired) electrons. The zero-order chi connectivity index (χ0) is 45.2. The first-order valence-electron chi connectivity index (χ1n) is 25.9. The summed E-state index contributed by atoms with van der Waals surface area (Å²) < 4.78 is 33.9. The van der Waals surface area contributed by atoms with Gasteiger partial charge in [-0.25, -0.2) is 15.0 Å². The van der Waals surface area contributed by atoms with E-state index in [1.54, 1.807) is 27.9 Å². The molecule has 0 amide bonds. The third kappa shape index (κ3) is 33.9. The van der Waals surface area contributed by atoms with Crippen molar-refractivity contribution < 1.29 is 18.3 Å². The van der Waals surface area contributed by atoms with E-state index < -0.39 is 7.60 Å². The molecule has 0 aliphatic heterocycles. The van der Waals surface area contributed by atoms with Gasteiger partial charge in [0.2, 0.25) is 0 Å². The lowest BCUT2D eigenvalue weighted by Crippen LogP contribution is -2.18. The van der Waals surface area contributed by atoms with Crippen molar-refractivity contribution in [3.05, 3.63) is 12.7 Å². The Morgan fingerprint density at radius 3 is 1.30 bits per heavy atom. The lowest BCUT2D eigenvalue weighted by molar-refractivity contribution is 0.0675. The molecule has 368 valence electrons. The Labute approximate surface area is 403 Å². The van der Waals surface area contributed by atoms with Crippen LogP contribution in [0.25, 0.3) is 11.2 Å². The molecule has 0 saturated heterocycles. The van der Waals surface area contributed by atoms with Gasteiger partial charge in [-0.15, -0.1) is 0 Å². The highest BCUT2D eigenvalue weighted by molar-refractivity contribution is 8.77. The fraction of sp³-hybridized carbons (Fsp3) is 0.898. The lowest BCUT2D eigenvalue weighted by Gasteiger charge is -2.21. The predicted octanol–water partition coefficient (Wildman–Crippen LogP) is 17.3. The van der Waals surface area contributed by atoms with Crippen molar-refractivity contribution in [3.8, 4) is 0 Å². The molecule has 9 nitrogen and oxygen atoms in total. The molecule has 0 aromatic carbocycles. The molecule has 2 aromatic rings. The number of fused-ring (bicyclic) bond motifs is 1. The second-order valence-electron chi connectivity index (χ2n) is 17.6. The van der Waals surface area contributed by atoms with E-state index in [4.69, 9.17) is 19.5 Å². The molecule has 63 heavy (non-hydrogen) atoms. The molecular formula is C49H94N5O4PS4. The number of ether oxygens (including phenoxy) is 1. The lowest BCUT2D eigenvalue weighted by atomic mass is 10.0. The maximum absolute atomic E-state index is 13.9. The van der Waals surface area contributed by atoms with Crippen LogP contribution in [0.4, 0.5) is 5.82 Å². The number of nitrogens with two attached hydrogens (primary N) is 1. The Hall–Kier alpha value is -0.140. The van der Waals surface area contributed by atoms with Crippen LogP contribution in [0.2, 0.25) is 0 Å². The van der Waals surface area contributed by atoms with Gasteiger partial charge in [-0.05, 0) is 19.8 Å². The average molecular weight is 977 g/mol. The molecular weight excluding hydrogens is 882 g/mol. The van der Waals surface area contributed by atoms with Crippen molar-refractivity contribution in [2.24, 2.45) is 0 Å². The Morgan fingerprint density at radius 1 is 0.540 bits per heavy atom. The smallest absolute Gasteiger partial charge is 0.356 e. The largest absolute Gasteiger partial charge is 0.382 e. The van der Waals surface area contributed by atoms with Crippen molar-refractivity contribution >= 4 is 67.8 Å². The van der Waals surface area contributed by atoms with E-state index in [9.17, 15) is 4.57 Å². The van der Waals surface area contributed by atoms with Gasteiger partial charge in [0.1, 0.15) is 18.2 Å². The number of aromatic nitrogens is 4. The summed E-state index contributed by atoms with van der Waals surface area (Å²) >= 11 is 0. The Morgan fingerprint density at radius 2 is 0.905 bits per heavy atom. The highest BCUT2D eigenvalue weighted by Crippen LogP contribution is 2.49. The minimum Gasteiger partial charge on any atom is -0.382 e. The van der Waals surface area contributed by atoms with E-state index in [2.05, 4.69) is 28.8 Å². The van der Waals surface area contributed by atoms with E-state index in [-0.39, 0.29) is 12.5 Å². The van der Waals surface area contributed by atoms with Crippen molar-refractivity contribution in [3.63, 3.8) is 0 Å². The van der Waals surface area contributed by atoms with Crippen molar-refractivity contribution in [2.75, 3.05) is 48.3 Å². The summed E-state index contributed by atoms with van der Waals surface area (Å²) in [5, 5.41) is 0. The molecule has 2 aromatic heterocycles. The quantitative estimate of drug-likeness (QED) is 0.0387. The van der Waals surface area contributed by atoms with Crippen LogP contribution in [-0.2, 0) is 24.9 Å². The number of rotatable bonds is 49. The number of hydrogen-bond donors (Lipinski definition) is 1. The predicted molar refractivity (Wildman–Crippen MR) is 284 cm³/mol. The summed E-state index contributed by atoms with van der Waals surface area (Å²) in [6.45, 7) is 7.74. The topological polar surface area (TPSA) is 114 Å². The molecule has 2 N–H and O–H groups in total. The molecule has 0 spiro atoms. The standard InChI is InChI=1S/C49H94N5O4PS4/c1-4-6-8-10-12-14-16-18-20-22-24-26-28-30-32-34-38-60-62-40-36-57-59(55,45-56-46(3)42-54-44-53-47-48(50)51-43-52-49(47)54)58-37-41-63-61-39-35-33-31-29-27-25-23-21-19-17-15-13-11-9-7-5-2/h43-44,46H,4-42,45H2,1-3H3,(H2,50,51,52)/t46-/m1/s1.